The number of allylic oxidation sites excluding steroid dienone is 1. The van der Waals surface area contributed by atoms with Crippen LogP contribution in [0.3, 0.4) is 0 Å². The van der Waals surface area contributed by atoms with E-state index >= 15 is 0 Å². The number of amides is 1. The lowest BCUT2D eigenvalue weighted by atomic mass is 10.1. The summed E-state index contributed by atoms with van der Waals surface area (Å²) in [6.07, 6.45) is 1.49. The maximum Gasteiger partial charge on any atom is 0.230 e. The van der Waals surface area contributed by atoms with E-state index in [1.807, 2.05) is 79.1 Å². The zero-order valence-corrected chi connectivity index (χ0v) is 18.0. The van der Waals surface area contributed by atoms with Crippen molar-refractivity contribution >= 4 is 17.7 Å². The highest BCUT2D eigenvalue weighted by atomic mass is 32.2. The molecule has 0 saturated heterocycles. The highest BCUT2D eigenvalue weighted by Gasteiger charge is 2.20. The Morgan fingerprint density at radius 1 is 1.13 bits per heavy atom. The number of carbonyl (C=O) groups is 1. The second kappa shape index (κ2) is 10.6. The Bertz CT molecular complexity index is 960. The molecule has 2 unspecified atom stereocenters. The number of hydrogen-bond donors (Lipinski definition) is 1. The molecular weight excluding hydrogens is 396 g/mol. The molecule has 0 aliphatic carbocycles. The molecule has 7 heteroatoms. The van der Waals surface area contributed by atoms with Crippen LogP contribution in [0.5, 0.6) is 5.75 Å². The zero-order chi connectivity index (χ0) is 21.3. The Kier molecular flexibility index (Phi) is 7.68. The van der Waals surface area contributed by atoms with Gasteiger partial charge >= 0.3 is 0 Å². The van der Waals surface area contributed by atoms with Gasteiger partial charge in [0.15, 0.2) is 17.1 Å². The Morgan fingerprint density at radius 3 is 2.47 bits per heavy atom. The monoisotopic (exact) mass is 422 g/mol. The fourth-order valence-corrected chi connectivity index (χ4v) is 3.77. The summed E-state index contributed by atoms with van der Waals surface area (Å²) in [7, 11) is 0. The number of nitrogens with one attached hydrogen (secondary N) is 1. The van der Waals surface area contributed by atoms with Gasteiger partial charge in [-0.25, -0.2) is 0 Å². The summed E-state index contributed by atoms with van der Waals surface area (Å²) in [6, 6.07) is 19.4. The lowest BCUT2D eigenvalue weighted by molar-refractivity contribution is -0.119. The number of rotatable bonds is 10. The summed E-state index contributed by atoms with van der Waals surface area (Å²) >= 11 is 1.35. The molecule has 1 amide bonds. The molecular formula is C23H26N4O2S. The molecule has 0 spiro atoms. The van der Waals surface area contributed by atoms with Gasteiger partial charge in [-0.15, -0.1) is 16.8 Å². The Balaban J connectivity index is 1.63. The molecule has 6 nitrogen and oxygen atoms in total. The first-order valence-corrected chi connectivity index (χ1v) is 10.8. The minimum Gasteiger partial charge on any atom is -0.483 e. The number of aromatic nitrogens is 3. The molecule has 0 aliphatic heterocycles. The Hall–Kier alpha value is -3.06. The van der Waals surface area contributed by atoms with Gasteiger partial charge in [-0.3, -0.25) is 9.36 Å². The number of nitrogens with zero attached hydrogens (tertiary/aromatic N) is 3. The maximum absolute atomic E-state index is 12.4. The van der Waals surface area contributed by atoms with Crippen LogP contribution in [0.4, 0.5) is 0 Å². The molecule has 0 radical (unpaired) electrons. The van der Waals surface area contributed by atoms with E-state index in [-0.39, 0.29) is 23.8 Å². The van der Waals surface area contributed by atoms with Crippen molar-refractivity contribution in [3.63, 3.8) is 0 Å². The normalized spacial score (nSPS) is 12.7. The third kappa shape index (κ3) is 5.73. The molecule has 1 heterocycles. The number of carbonyl (C=O) groups excluding carboxylic acids is 1. The number of benzene rings is 2. The van der Waals surface area contributed by atoms with Crippen molar-refractivity contribution in [3.05, 3.63) is 84.7 Å². The van der Waals surface area contributed by atoms with Gasteiger partial charge < -0.3 is 10.1 Å². The maximum atomic E-state index is 12.4. The molecule has 1 aromatic heterocycles. The lowest BCUT2D eigenvalue weighted by Gasteiger charge is -2.16. The van der Waals surface area contributed by atoms with Crippen LogP contribution in [0.25, 0.3) is 0 Å². The second-order valence-electron chi connectivity index (χ2n) is 6.80. The highest BCUT2D eigenvalue weighted by Crippen LogP contribution is 2.24. The van der Waals surface area contributed by atoms with Crippen molar-refractivity contribution in [1.29, 1.82) is 0 Å². The summed E-state index contributed by atoms with van der Waals surface area (Å²) < 4.78 is 7.91. The van der Waals surface area contributed by atoms with Gasteiger partial charge in [-0.05, 0) is 31.5 Å². The van der Waals surface area contributed by atoms with Crippen molar-refractivity contribution in [3.8, 4) is 5.75 Å². The number of ether oxygens (including phenoxy) is 1. The number of hydrogen-bond acceptors (Lipinski definition) is 5. The minimum absolute atomic E-state index is 0.0554. The van der Waals surface area contributed by atoms with Crippen LogP contribution in [-0.4, -0.2) is 26.4 Å². The quantitative estimate of drug-likeness (QED) is 0.383. The third-order valence-corrected chi connectivity index (χ3v) is 5.45. The standard InChI is InChI=1S/C23H26N4O2S/c1-4-15-27-22(18(3)29-20-13-9-6-10-14-20)25-26-23(27)30-16-21(28)24-17(2)19-11-7-5-8-12-19/h4-14,17-18H,1,15-16H2,2-3H3,(H,24,28). The van der Waals surface area contributed by atoms with Gasteiger partial charge in [0, 0.05) is 6.54 Å². The smallest absolute Gasteiger partial charge is 0.230 e. The van der Waals surface area contributed by atoms with Crippen LogP contribution in [0.15, 0.2) is 78.5 Å². The van der Waals surface area contributed by atoms with Gasteiger partial charge in [0.05, 0.1) is 11.8 Å². The van der Waals surface area contributed by atoms with Gasteiger partial charge in [0.25, 0.3) is 0 Å². The summed E-state index contributed by atoms with van der Waals surface area (Å²) in [5.41, 5.74) is 1.07. The minimum atomic E-state index is -0.291. The average molecular weight is 423 g/mol. The van der Waals surface area contributed by atoms with Gasteiger partial charge in [-0.2, -0.15) is 0 Å². The fraction of sp³-hybridized carbons (Fsp3) is 0.261. The van der Waals surface area contributed by atoms with E-state index in [1.54, 1.807) is 6.08 Å². The summed E-state index contributed by atoms with van der Waals surface area (Å²) in [6.45, 7) is 8.26. The zero-order valence-electron chi connectivity index (χ0n) is 17.2. The number of para-hydroxylation sites is 1. The third-order valence-electron chi connectivity index (χ3n) is 4.49. The van der Waals surface area contributed by atoms with Crippen molar-refractivity contribution in [2.24, 2.45) is 0 Å². The largest absolute Gasteiger partial charge is 0.483 e. The van der Waals surface area contributed by atoms with E-state index < -0.39 is 0 Å². The van der Waals surface area contributed by atoms with Crippen LogP contribution >= 0.6 is 11.8 Å². The van der Waals surface area contributed by atoms with Crippen LogP contribution in [0.1, 0.15) is 37.4 Å². The highest BCUT2D eigenvalue weighted by molar-refractivity contribution is 7.99. The molecule has 0 bridgehead atoms. The molecule has 0 saturated carbocycles. The first kappa shape index (κ1) is 21.6. The molecule has 156 valence electrons. The molecule has 3 rings (SSSR count). The molecule has 3 aromatic rings. The van der Waals surface area contributed by atoms with Crippen LogP contribution in [-0.2, 0) is 11.3 Å². The molecule has 2 atom stereocenters. The van der Waals surface area contributed by atoms with Crippen molar-refractivity contribution in [2.45, 2.75) is 37.7 Å². The molecule has 0 fully saturated rings. The Labute approximate surface area is 181 Å². The molecule has 0 aliphatic rings. The summed E-state index contributed by atoms with van der Waals surface area (Å²) in [5, 5.41) is 12.3. The predicted octanol–water partition coefficient (Wildman–Crippen LogP) is 4.57. The van der Waals surface area contributed by atoms with Crippen LogP contribution in [0.2, 0.25) is 0 Å². The first-order valence-electron chi connectivity index (χ1n) is 9.81. The predicted molar refractivity (Wildman–Crippen MR) is 119 cm³/mol. The van der Waals surface area contributed by atoms with Gasteiger partial charge in [0.2, 0.25) is 5.91 Å². The van der Waals surface area contributed by atoms with Crippen molar-refractivity contribution in [2.75, 3.05) is 5.75 Å². The Morgan fingerprint density at radius 2 is 1.80 bits per heavy atom. The van der Waals surface area contributed by atoms with E-state index in [1.165, 1.54) is 11.8 Å². The van der Waals surface area contributed by atoms with Crippen LogP contribution in [0, 0.1) is 0 Å². The summed E-state index contributed by atoms with van der Waals surface area (Å²) in [5.74, 6) is 1.65. The van der Waals surface area contributed by atoms with E-state index in [0.717, 1.165) is 11.3 Å². The molecule has 30 heavy (non-hydrogen) atoms. The molecule has 2 aromatic carbocycles. The lowest BCUT2D eigenvalue weighted by Crippen LogP contribution is -2.28. The van der Waals surface area contributed by atoms with E-state index in [9.17, 15) is 4.79 Å². The van der Waals surface area contributed by atoms with Crippen molar-refractivity contribution in [1.82, 2.24) is 20.1 Å². The van der Waals surface area contributed by atoms with Crippen molar-refractivity contribution < 1.29 is 9.53 Å². The first-order chi connectivity index (χ1) is 14.6. The SMILES string of the molecule is C=CCn1c(SCC(=O)NC(C)c2ccccc2)nnc1C(C)Oc1ccccc1. The van der Waals surface area contributed by atoms with Gasteiger partial charge in [0.1, 0.15) is 5.75 Å². The van der Waals surface area contributed by atoms with E-state index in [2.05, 4.69) is 22.1 Å². The summed E-state index contributed by atoms with van der Waals surface area (Å²) in [4.78, 5) is 12.4. The van der Waals surface area contributed by atoms with Gasteiger partial charge in [-0.1, -0.05) is 66.4 Å². The van der Waals surface area contributed by atoms with Crippen LogP contribution < -0.4 is 10.1 Å². The average Bonchev–Trinajstić information content (AvgIpc) is 3.16. The topological polar surface area (TPSA) is 69.0 Å². The van der Waals surface area contributed by atoms with E-state index in [4.69, 9.17) is 4.74 Å². The second-order valence-corrected chi connectivity index (χ2v) is 7.74. The number of thioether (sulfide) groups is 1. The van der Waals surface area contributed by atoms with E-state index in [0.29, 0.717) is 17.5 Å². The fourth-order valence-electron chi connectivity index (χ4n) is 3.00. The molecule has 1 N–H and O–H groups in total.